The van der Waals surface area contributed by atoms with Crippen LogP contribution in [-0.2, 0) is 6.61 Å². The summed E-state index contributed by atoms with van der Waals surface area (Å²) in [5, 5.41) is 12.1. The molecule has 0 saturated heterocycles. The first-order valence-corrected chi connectivity index (χ1v) is 11.0. The maximum absolute atomic E-state index is 14.4. The Bertz CT molecular complexity index is 1460. The number of nitrogens with zero attached hydrogens (tertiary/aromatic N) is 3. The van der Waals surface area contributed by atoms with Crippen molar-refractivity contribution in [2.24, 2.45) is 0 Å². The van der Waals surface area contributed by atoms with Crippen molar-refractivity contribution in [3.63, 3.8) is 0 Å². The summed E-state index contributed by atoms with van der Waals surface area (Å²) in [5.74, 6) is 0.537. The van der Waals surface area contributed by atoms with E-state index in [1.54, 1.807) is 6.07 Å². The third-order valence-electron chi connectivity index (χ3n) is 5.23. The fourth-order valence-electron chi connectivity index (χ4n) is 3.57. The summed E-state index contributed by atoms with van der Waals surface area (Å²) < 4.78 is 37.4. The predicted octanol–water partition coefficient (Wildman–Crippen LogP) is 2.91. The van der Waals surface area contributed by atoms with Gasteiger partial charge in [-0.25, -0.2) is 13.8 Å². The van der Waals surface area contributed by atoms with Crippen LogP contribution in [0.5, 0.6) is 23.1 Å². The molecule has 3 N–H and O–H groups in total. The quantitative estimate of drug-likeness (QED) is 0.289. The Labute approximate surface area is 209 Å². The first-order chi connectivity index (χ1) is 17.4. The standard InChI is InChI=1S/C23H23ClFN5O6/c1-33-16-6-4-5-14(25)12(16)11-36-18-10-15(13(24)9-17(18)34-2)30-20-19(27-23(30)32)21(35-3)29-22(28-20)26-7-8-31/h4-6,9-10,31H,7-8,11H2,1-3H3,(H,27,32)(H,26,28,29). The van der Waals surface area contributed by atoms with Crippen LogP contribution in [0.4, 0.5) is 10.3 Å². The average Bonchev–Trinajstić information content (AvgIpc) is 3.21. The highest BCUT2D eigenvalue weighted by Crippen LogP contribution is 2.37. The minimum atomic E-state index is -0.564. The highest BCUT2D eigenvalue weighted by atomic mass is 35.5. The SMILES string of the molecule is COc1cc(Cl)c(-n2c(=O)[nH]c3c(OC)nc(NCCO)nc32)cc1OCc1c(F)cccc1OC. The van der Waals surface area contributed by atoms with E-state index in [1.165, 1.54) is 50.2 Å². The molecule has 0 fully saturated rings. The number of halogens is 2. The van der Waals surface area contributed by atoms with Gasteiger partial charge in [0.1, 0.15) is 23.7 Å². The lowest BCUT2D eigenvalue weighted by molar-refractivity contribution is 0.272. The van der Waals surface area contributed by atoms with Crippen molar-refractivity contribution in [3.8, 4) is 28.8 Å². The predicted molar refractivity (Wildman–Crippen MR) is 130 cm³/mol. The summed E-state index contributed by atoms with van der Waals surface area (Å²) in [4.78, 5) is 24.2. The number of aliphatic hydroxyl groups excluding tert-OH is 1. The van der Waals surface area contributed by atoms with Gasteiger partial charge in [-0.2, -0.15) is 9.97 Å². The molecule has 190 valence electrons. The third kappa shape index (κ3) is 4.72. The molecule has 0 unspecified atom stereocenters. The number of hydrogen-bond acceptors (Lipinski definition) is 9. The second kappa shape index (κ2) is 10.7. The van der Waals surface area contributed by atoms with Gasteiger partial charge in [-0.3, -0.25) is 4.98 Å². The van der Waals surface area contributed by atoms with E-state index in [1.807, 2.05) is 0 Å². The fraction of sp³-hybridized carbons (Fsp3) is 0.261. The van der Waals surface area contributed by atoms with Gasteiger partial charge in [0.05, 0.1) is 44.2 Å². The van der Waals surface area contributed by atoms with E-state index in [0.717, 1.165) is 0 Å². The van der Waals surface area contributed by atoms with Crippen molar-refractivity contribution in [2.45, 2.75) is 6.61 Å². The van der Waals surface area contributed by atoms with Gasteiger partial charge in [0, 0.05) is 18.7 Å². The van der Waals surface area contributed by atoms with Crippen molar-refractivity contribution in [1.29, 1.82) is 0 Å². The topological polar surface area (TPSA) is 133 Å². The lowest BCUT2D eigenvalue weighted by Gasteiger charge is -2.16. The molecule has 2 aromatic carbocycles. The van der Waals surface area contributed by atoms with Crippen LogP contribution in [0.15, 0.2) is 35.1 Å². The van der Waals surface area contributed by atoms with E-state index < -0.39 is 11.5 Å². The van der Waals surface area contributed by atoms with Crippen LogP contribution in [0.25, 0.3) is 16.9 Å². The van der Waals surface area contributed by atoms with E-state index in [4.69, 9.17) is 35.7 Å². The number of fused-ring (bicyclic) bond motifs is 1. The zero-order chi connectivity index (χ0) is 25.8. The number of benzene rings is 2. The van der Waals surface area contributed by atoms with Crippen molar-refractivity contribution >= 4 is 28.7 Å². The summed E-state index contributed by atoms with van der Waals surface area (Å²) in [6, 6.07) is 7.40. The summed E-state index contributed by atoms with van der Waals surface area (Å²) in [6.07, 6.45) is 0. The van der Waals surface area contributed by atoms with Crippen LogP contribution in [0.2, 0.25) is 5.02 Å². The molecule has 4 aromatic rings. The summed E-state index contributed by atoms with van der Waals surface area (Å²) >= 11 is 6.52. The van der Waals surface area contributed by atoms with Crippen LogP contribution in [0, 0.1) is 5.82 Å². The Kier molecular flexibility index (Phi) is 7.46. The Morgan fingerprint density at radius 2 is 1.89 bits per heavy atom. The van der Waals surface area contributed by atoms with E-state index in [0.29, 0.717) is 5.75 Å². The van der Waals surface area contributed by atoms with Gasteiger partial charge in [0.2, 0.25) is 11.8 Å². The number of methoxy groups -OCH3 is 3. The van der Waals surface area contributed by atoms with Crippen LogP contribution >= 0.6 is 11.6 Å². The number of hydrogen-bond donors (Lipinski definition) is 3. The normalized spacial score (nSPS) is 10.9. The second-order valence-electron chi connectivity index (χ2n) is 7.33. The molecule has 0 aliphatic rings. The molecule has 4 rings (SSSR count). The molecule has 0 aliphatic carbocycles. The Balaban J connectivity index is 1.82. The lowest BCUT2D eigenvalue weighted by Crippen LogP contribution is -2.16. The third-order valence-corrected chi connectivity index (χ3v) is 5.54. The molecule has 0 saturated carbocycles. The smallest absolute Gasteiger partial charge is 0.332 e. The maximum atomic E-state index is 14.4. The molecule has 13 heteroatoms. The van der Waals surface area contributed by atoms with Crippen molar-refractivity contribution < 1.29 is 28.4 Å². The molecular weight excluding hydrogens is 497 g/mol. The van der Waals surface area contributed by atoms with Crippen LogP contribution < -0.4 is 30.0 Å². The molecule has 0 bridgehead atoms. The van der Waals surface area contributed by atoms with Crippen molar-refractivity contribution in [1.82, 2.24) is 19.5 Å². The van der Waals surface area contributed by atoms with Crippen LogP contribution in [0.3, 0.4) is 0 Å². The number of imidazole rings is 1. The number of rotatable bonds is 10. The minimum absolute atomic E-state index is 0.115. The largest absolute Gasteiger partial charge is 0.496 e. The van der Waals surface area contributed by atoms with Gasteiger partial charge in [0.15, 0.2) is 17.1 Å². The highest BCUT2D eigenvalue weighted by Gasteiger charge is 2.21. The maximum Gasteiger partial charge on any atom is 0.332 e. The van der Waals surface area contributed by atoms with E-state index in [2.05, 4.69) is 20.3 Å². The first kappa shape index (κ1) is 25.1. The van der Waals surface area contributed by atoms with E-state index >= 15 is 0 Å². The molecule has 2 aromatic heterocycles. The number of aromatic amines is 1. The van der Waals surface area contributed by atoms with E-state index in [9.17, 15) is 9.18 Å². The number of H-pyrrole nitrogens is 1. The summed E-state index contributed by atoms with van der Waals surface area (Å²) in [5.41, 5.74) is 0.271. The lowest BCUT2D eigenvalue weighted by atomic mass is 10.2. The monoisotopic (exact) mass is 519 g/mol. The zero-order valence-corrected chi connectivity index (χ0v) is 20.4. The summed E-state index contributed by atoms with van der Waals surface area (Å²) in [6.45, 7) is -0.146. The van der Waals surface area contributed by atoms with Gasteiger partial charge in [-0.05, 0) is 12.1 Å². The number of anilines is 1. The fourth-order valence-corrected chi connectivity index (χ4v) is 3.80. The van der Waals surface area contributed by atoms with Gasteiger partial charge in [-0.15, -0.1) is 0 Å². The molecule has 2 heterocycles. The van der Waals surface area contributed by atoms with Crippen molar-refractivity contribution in [3.05, 3.63) is 57.2 Å². The van der Waals surface area contributed by atoms with Gasteiger partial charge in [0.25, 0.3) is 0 Å². The van der Waals surface area contributed by atoms with Gasteiger partial charge >= 0.3 is 5.69 Å². The summed E-state index contributed by atoms with van der Waals surface area (Å²) in [7, 11) is 4.26. The number of aromatic nitrogens is 4. The molecule has 11 nitrogen and oxygen atoms in total. The molecule has 36 heavy (non-hydrogen) atoms. The van der Waals surface area contributed by atoms with Gasteiger partial charge < -0.3 is 29.4 Å². The van der Waals surface area contributed by atoms with Crippen LogP contribution in [0.1, 0.15) is 5.56 Å². The molecule has 0 spiro atoms. The Hall–Kier alpha value is -4.03. The highest BCUT2D eigenvalue weighted by molar-refractivity contribution is 6.32. The zero-order valence-electron chi connectivity index (χ0n) is 19.6. The minimum Gasteiger partial charge on any atom is -0.496 e. The Morgan fingerprint density at radius 3 is 2.58 bits per heavy atom. The number of nitrogens with one attached hydrogen (secondary N) is 2. The van der Waals surface area contributed by atoms with Gasteiger partial charge in [-0.1, -0.05) is 17.7 Å². The average molecular weight is 520 g/mol. The van der Waals surface area contributed by atoms with E-state index in [-0.39, 0.29) is 70.5 Å². The molecule has 0 aliphatic heterocycles. The van der Waals surface area contributed by atoms with Crippen LogP contribution in [-0.4, -0.2) is 59.1 Å². The molecule has 0 amide bonds. The molecular formula is C23H23ClFN5O6. The molecule has 0 atom stereocenters. The van der Waals surface area contributed by atoms with Crippen molar-refractivity contribution in [2.75, 3.05) is 39.8 Å². The number of ether oxygens (including phenoxy) is 4. The molecule has 0 radical (unpaired) electrons. The Morgan fingerprint density at radius 1 is 1.11 bits per heavy atom. The second-order valence-corrected chi connectivity index (χ2v) is 7.74. The number of aliphatic hydroxyl groups is 1. The first-order valence-electron chi connectivity index (χ1n) is 10.6.